The lowest BCUT2D eigenvalue weighted by Gasteiger charge is -2.39. The molecule has 1 aliphatic heterocycles. The number of aromatic amines is 1. The predicted molar refractivity (Wildman–Crippen MR) is 134 cm³/mol. The van der Waals surface area contributed by atoms with Crippen molar-refractivity contribution in [2.24, 2.45) is 0 Å². The second-order valence-electron chi connectivity index (χ2n) is 8.35. The van der Waals surface area contributed by atoms with E-state index in [1.54, 1.807) is 6.07 Å². The molecule has 0 unspecified atom stereocenters. The molecule has 5 nitrogen and oxygen atoms in total. The third-order valence-corrected chi connectivity index (χ3v) is 6.68. The van der Waals surface area contributed by atoms with Gasteiger partial charge in [-0.05, 0) is 47.5 Å². The number of benzene rings is 3. The van der Waals surface area contributed by atoms with Crippen molar-refractivity contribution in [1.29, 1.82) is 0 Å². The van der Waals surface area contributed by atoms with Gasteiger partial charge in [-0.15, -0.1) is 0 Å². The first kappa shape index (κ1) is 22.1. The lowest BCUT2D eigenvalue weighted by Crippen LogP contribution is -2.47. The molecular weight excluding hydrogens is 455 g/mol. The third-order valence-electron chi connectivity index (χ3n) is 6.18. The fourth-order valence-electron chi connectivity index (χ4n) is 4.51. The van der Waals surface area contributed by atoms with Gasteiger partial charge >= 0.3 is 0 Å². The number of hydrogen-bond donors (Lipinski definition) is 1. The molecule has 1 aromatic heterocycles. The molecule has 33 heavy (non-hydrogen) atoms. The van der Waals surface area contributed by atoms with Crippen molar-refractivity contribution >= 4 is 34.1 Å². The van der Waals surface area contributed by atoms with Crippen LogP contribution in [0.3, 0.4) is 0 Å². The van der Waals surface area contributed by atoms with Crippen LogP contribution in [0, 0.1) is 0 Å². The summed E-state index contributed by atoms with van der Waals surface area (Å²) in [6.45, 7) is 4.18. The fraction of sp³-hybridized carbons (Fsp3) is 0.231. The highest BCUT2D eigenvalue weighted by atomic mass is 35.5. The Labute approximate surface area is 202 Å². The molecule has 0 saturated carbocycles. The van der Waals surface area contributed by atoms with Gasteiger partial charge < -0.3 is 4.98 Å². The van der Waals surface area contributed by atoms with Crippen molar-refractivity contribution in [1.82, 2.24) is 19.8 Å². The topological polar surface area (TPSA) is 52.2 Å². The lowest BCUT2D eigenvalue weighted by atomic mass is 9.96. The van der Waals surface area contributed by atoms with Gasteiger partial charge in [0.05, 0.1) is 23.5 Å². The highest BCUT2D eigenvalue weighted by Crippen LogP contribution is 2.31. The van der Waals surface area contributed by atoms with E-state index in [0.717, 1.165) is 41.7 Å². The van der Waals surface area contributed by atoms with E-state index in [9.17, 15) is 4.79 Å². The van der Waals surface area contributed by atoms with E-state index in [1.807, 2.05) is 42.5 Å². The van der Waals surface area contributed by atoms with Crippen LogP contribution in [-0.4, -0.2) is 45.9 Å². The lowest BCUT2D eigenvalue weighted by molar-refractivity contribution is 0.103. The molecule has 168 valence electrons. The van der Waals surface area contributed by atoms with Crippen LogP contribution in [0.1, 0.15) is 23.0 Å². The molecule has 1 aliphatic rings. The number of aromatic nitrogens is 2. The first-order valence-corrected chi connectivity index (χ1v) is 11.8. The number of halogens is 2. The van der Waals surface area contributed by atoms with Gasteiger partial charge in [-0.25, -0.2) is 4.98 Å². The number of nitrogens with zero attached hydrogens (tertiary/aromatic N) is 3. The zero-order valence-corrected chi connectivity index (χ0v) is 19.6. The Morgan fingerprint density at radius 3 is 2.00 bits per heavy atom. The Kier molecular flexibility index (Phi) is 6.47. The summed E-state index contributed by atoms with van der Waals surface area (Å²) in [5, 5.41) is 2.09. The standard InChI is InChI=1S/C26H24Cl2N4O/c27-20-9-5-18(6-10-20)25(19-7-11-21(28)12-8-19)32-15-13-31(14-16-32)17-24-29-23-4-2-1-3-22(23)26(33)30-24/h1-12,25H,13-17H2,(H,29,30,33). The molecule has 0 atom stereocenters. The highest BCUT2D eigenvalue weighted by molar-refractivity contribution is 6.30. The Balaban J connectivity index is 1.33. The summed E-state index contributed by atoms with van der Waals surface area (Å²) >= 11 is 12.3. The number of fused-ring (bicyclic) bond motifs is 1. The van der Waals surface area contributed by atoms with Crippen LogP contribution >= 0.6 is 23.2 Å². The molecule has 0 bridgehead atoms. The molecule has 7 heteroatoms. The van der Waals surface area contributed by atoms with Gasteiger partial charge in [-0.1, -0.05) is 59.6 Å². The minimum absolute atomic E-state index is 0.0835. The number of para-hydroxylation sites is 1. The molecule has 3 aromatic carbocycles. The molecule has 0 radical (unpaired) electrons. The van der Waals surface area contributed by atoms with Gasteiger partial charge in [0.25, 0.3) is 5.56 Å². The van der Waals surface area contributed by atoms with E-state index >= 15 is 0 Å². The van der Waals surface area contributed by atoms with Crippen molar-refractivity contribution in [3.63, 3.8) is 0 Å². The first-order chi connectivity index (χ1) is 16.1. The molecule has 2 heterocycles. The summed E-state index contributed by atoms with van der Waals surface area (Å²) in [5.41, 5.74) is 3.06. The summed E-state index contributed by atoms with van der Waals surface area (Å²) in [4.78, 5) is 24.8. The first-order valence-electron chi connectivity index (χ1n) is 11.0. The maximum absolute atomic E-state index is 12.4. The molecule has 1 fully saturated rings. The summed E-state index contributed by atoms with van der Waals surface area (Å²) in [6, 6.07) is 23.7. The van der Waals surface area contributed by atoms with Gasteiger partial charge in [-0.2, -0.15) is 0 Å². The van der Waals surface area contributed by atoms with Crippen molar-refractivity contribution in [2.45, 2.75) is 12.6 Å². The van der Waals surface area contributed by atoms with Crippen LogP contribution in [0.15, 0.2) is 77.6 Å². The van der Waals surface area contributed by atoms with Crippen molar-refractivity contribution in [3.8, 4) is 0 Å². The quantitative estimate of drug-likeness (QED) is 0.431. The van der Waals surface area contributed by atoms with Gasteiger partial charge in [0.1, 0.15) is 5.82 Å². The fourth-order valence-corrected chi connectivity index (χ4v) is 4.76. The van der Waals surface area contributed by atoms with Gasteiger partial charge in [0.2, 0.25) is 0 Å². The van der Waals surface area contributed by atoms with E-state index in [2.05, 4.69) is 44.0 Å². The monoisotopic (exact) mass is 478 g/mol. The van der Waals surface area contributed by atoms with E-state index in [1.165, 1.54) is 11.1 Å². The number of nitrogens with one attached hydrogen (secondary N) is 1. The Hall–Kier alpha value is -2.70. The molecule has 0 spiro atoms. The second kappa shape index (κ2) is 9.65. The van der Waals surface area contributed by atoms with Crippen molar-refractivity contribution < 1.29 is 0 Å². The van der Waals surface area contributed by atoms with Crippen LogP contribution in [0.25, 0.3) is 10.9 Å². The van der Waals surface area contributed by atoms with Gasteiger partial charge in [0, 0.05) is 36.2 Å². The Morgan fingerprint density at radius 2 is 1.39 bits per heavy atom. The van der Waals surface area contributed by atoms with E-state index in [4.69, 9.17) is 23.2 Å². The van der Waals surface area contributed by atoms with Crippen LogP contribution in [0.2, 0.25) is 10.0 Å². The molecule has 5 rings (SSSR count). The van der Waals surface area contributed by atoms with Crippen molar-refractivity contribution in [3.05, 3.63) is 110 Å². The van der Waals surface area contributed by atoms with Gasteiger partial charge in [0.15, 0.2) is 0 Å². The third kappa shape index (κ3) is 4.97. The smallest absolute Gasteiger partial charge is 0.258 e. The zero-order chi connectivity index (χ0) is 22.8. The second-order valence-corrected chi connectivity index (χ2v) is 9.22. The molecule has 1 N–H and O–H groups in total. The molecule has 0 aliphatic carbocycles. The Morgan fingerprint density at radius 1 is 0.818 bits per heavy atom. The number of H-pyrrole nitrogens is 1. The normalized spacial score (nSPS) is 15.4. The molecule has 0 amide bonds. The van der Waals surface area contributed by atoms with Gasteiger partial charge in [-0.3, -0.25) is 14.6 Å². The largest absolute Gasteiger partial charge is 0.309 e. The predicted octanol–water partition coefficient (Wildman–Crippen LogP) is 5.14. The molecule has 1 saturated heterocycles. The summed E-state index contributed by atoms with van der Waals surface area (Å²) in [6.07, 6.45) is 0. The minimum Gasteiger partial charge on any atom is -0.309 e. The SMILES string of the molecule is O=c1[nH]c(CN2CCN(C(c3ccc(Cl)cc3)c3ccc(Cl)cc3)CC2)nc2ccccc12. The number of rotatable bonds is 5. The Bertz CT molecular complexity index is 1250. The van der Waals surface area contributed by atoms with E-state index in [0.29, 0.717) is 17.8 Å². The maximum atomic E-state index is 12.4. The van der Waals surface area contributed by atoms with E-state index < -0.39 is 0 Å². The van der Waals surface area contributed by atoms with Crippen LogP contribution in [-0.2, 0) is 6.54 Å². The summed E-state index contributed by atoms with van der Waals surface area (Å²) < 4.78 is 0. The number of hydrogen-bond acceptors (Lipinski definition) is 4. The minimum atomic E-state index is -0.0835. The average molecular weight is 479 g/mol. The van der Waals surface area contributed by atoms with Crippen molar-refractivity contribution in [2.75, 3.05) is 26.2 Å². The maximum Gasteiger partial charge on any atom is 0.258 e. The van der Waals surface area contributed by atoms with Crippen LogP contribution < -0.4 is 5.56 Å². The molecular formula is C26H24Cl2N4O. The van der Waals surface area contributed by atoms with E-state index in [-0.39, 0.29) is 11.6 Å². The zero-order valence-electron chi connectivity index (χ0n) is 18.0. The van der Waals surface area contributed by atoms with Crippen LogP contribution in [0.4, 0.5) is 0 Å². The summed E-state index contributed by atoms with van der Waals surface area (Å²) in [5.74, 6) is 0.708. The summed E-state index contributed by atoms with van der Waals surface area (Å²) in [7, 11) is 0. The average Bonchev–Trinajstić information content (AvgIpc) is 2.83. The number of piperazine rings is 1. The van der Waals surface area contributed by atoms with Crippen LogP contribution in [0.5, 0.6) is 0 Å². The molecule has 4 aromatic rings. The highest BCUT2D eigenvalue weighted by Gasteiger charge is 2.27.